The van der Waals surface area contributed by atoms with E-state index < -0.39 is 0 Å². The molecule has 1 aromatic heterocycles. The van der Waals surface area contributed by atoms with Crippen molar-refractivity contribution in [3.63, 3.8) is 0 Å². The van der Waals surface area contributed by atoms with Crippen molar-refractivity contribution in [2.75, 3.05) is 5.73 Å². The van der Waals surface area contributed by atoms with Crippen LogP contribution in [0.15, 0.2) is 42.5 Å². The Bertz CT molecular complexity index is 1170. The lowest BCUT2D eigenvalue weighted by molar-refractivity contribution is 0.0375. The van der Waals surface area contributed by atoms with Crippen LogP contribution in [-0.2, 0) is 17.7 Å². The van der Waals surface area contributed by atoms with E-state index in [1.165, 1.54) is 11.1 Å². The van der Waals surface area contributed by atoms with Gasteiger partial charge in [0.05, 0.1) is 11.1 Å². The first-order chi connectivity index (χ1) is 14.6. The fourth-order valence-electron chi connectivity index (χ4n) is 4.61. The van der Waals surface area contributed by atoms with E-state index in [-0.39, 0.29) is 29.8 Å². The summed E-state index contributed by atoms with van der Waals surface area (Å²) in [5.74, 6) is -0.0138. The van der Waals surface area contributed by atoms with Crippen LogP contribution < -0.4 is 11.2 Å². The molecule has 2 aliphatic rings. The van der Waals surface area contributed by atoms with Gasteiger partial charge in [0, 0.05) is 18.5 Å². The van der Waals surface area contributed by atoms with Crippen LogP contribution in [0.5, 0.6) is 0 Å². The van der Waals surface area contributed by atoms with Crippen molar-refractivity contribution in [3.05, 3.63) is 59.3 Å². The van der Waals surface area contributed by atoms with Crippen LogP contribution in [-0.4, -0.2) is 33.3 Å². The summed E-state index contributed by atoms with van der Waals surface area (Å²) in [6.45, 7) is 9.86. The number of nitrogen functional groups attached to an aromatic ring is 1. The van der Waals surface area contributed by atoms with Gasteiger partial charge in [-0.1, -0.05) is 50.2 Å². The summed E-state index contributed by atoms with van der Waals surface area (Å²) in [5.41, 5.74) is 10.2. The van der Waals surface area contributed by atoms with E-state index in [0.29, 0.717) is 24.3 Å². The maximum Gasteiger partial charge on any atom is 0.327 e. The number of anilines is 1. The molecule has 158 valence electrons. The lowest BCUT2D eigenvalue weighted by Gasteiger charge is -2.34. The summed E-state index contributed by atoms with van der Waals surface area (Å²) in [6, 6.07) is 14.1. The Labute approximate surface area is 182 Å². The Morgan fingerprint density at radius 2 is 1.74 bits per heavy atom. The summed E-state index contributed by atoms with van der Waals surface area (Å²) >= 11 is 0. The molecule has 1 fully saturated rings. The highest BCUT2D eigenvalue weighted by atomic mass is 16.5. The average molecular weight is 414 g/mol. The second-order valence-corrected chi connectivity index (χ2v) is 9.84. The molecule has 5 rings (SSSR count). The normalized spacial score (nSPS) is 19.1. The molecule has 0 atom stereocenters. The Kier molecular flexibility index (Phi) is 4.38. The summed E-state index contributed by atoms with van der Waals surface area (Å²) in [7, 11) is 0. The molecule has 0 spiro atoms. The van der Waals surface area contributed by atoms with Crippen molar-refractivity contribution in [3.8, 4) is 0 Å². The predicted molar refractivity (Wildman–Crippen MR) is 123 cm³/mol. The van der Waals surface area contributed by atoms with E-state index in [1.54, 1.807) is 0 Å². The minimum absolute atomic E-state index is 0.0362. The van der Waals surface area contributed by atoms with Gasteiger partial charge in [-0.25, -0.2) is 9.97 Å². The lowest BCUT2D eigenvalue weighted by atomic mass is 9.54. The maximum atomic E-state index is 13.5. The van der Waals surface area contributed by atoms with Crippen LogP contribution in [0, 0.1) is 5.41 Å². The van der Waals surface area contributed by atoms with E-state index in [1.807, 2.05) is 35.2 Å². The number of nitrogens with zero attached hydrogens (tertiary/aromatic N) is 3. The molecule has 2 aromatic carbocycles. The second-order valence-electron chi connectivity index (χ2n) is 9.84. The SMILES string of the molecule is CC1(C)CB(c2ccc3nc(N)nc(C(=O)N4Cc5ccccc5C4)c3c2)OC1(C)C. The summed E-state index contributed by atoms with van der Waals surface area (Å²) in [4.78, 5) is 24.0. The third-order valence-electron chi connectivity index (χ3n) is 7.20. The Hall–Kier alpha value is -2.93. The molecule has 1 saturated heterocycles. The van der Waals surface area contributed by atoms with Crippen LogP contribution in [0.4, 0.5) is 5.95 Å². The number of aromatic nitrogens is 2. The summed E-state index contributed by atoms with van der Waals surface area (Å²) < 4.78 is 6.40. The molecule has 1 amide bonds. The topological polar surface area (TPSA) is 81.3 Å². The van der Waals surface area contributed by atoms with Crippen LogP contribution >= 0.6 is 0 Å². The quantitative estimate of drug-likeness (QED) is 0.650. The predicted octanol–water partition coefficient (Wildman–Crippen LogP) is 3.40. The standard InChI is InChI=1S/C24H27BN4O2/c1-23(2)14-25(31-24(23,3)4)17-9-10-19-18(11-17)20(28-22(26)27-19)21(30)29-12-15-7-5-6-8-16(15)13-29/h5-11H,12-14H2,1-4H3,(H2,26,27,28). The minimum Gasteiger partial charge on any atom is -0.426 e. The van der Waals surface area contributed by atoms with Gasteiger partial charge in [-0.05, 0) is 48.2 Å². The van der Waals surface area contributed by atoms with E-state index >= 15 is 0 Å². The van der Waals surface area contributed by atoms with Gasteiger partial charge < -0.3 is 15.3 Å². The van der Waals surface area contributed by atoms with Crippen LogP contribution in [0.1, 0.15) is 49.3 Å². The van der Waals surface area contributed by atoms with Crippen molar-refractivity contribution >= 4 is 35.1 Å². The maximum absolute atomic E-state index is 13.5. The molecular weight excluding hydrogens is 387 g/mol. The molecule has 0 radical (unpaired) electrons. The largest absolute Gasteiger partial charge is 0.426 e. The lowest BCUT2D eigenvalue weighted by Crippen LogP contribution is -2.36. The van der Waals surface area contributed by atoms with Crippen molar-refractivity contribution < 1.29 is 9.45 Å². The van der Waals surface area contributed by atoms with Gasteiger partial charge in [0.2, 0.25) is 5.95 Å². The second kappa shape index (κ2) is 6.79. The van der Waals surface area contributed by atoms with Crippen molar-refractivity contribution in [2.24, 2.45) is 5.41 Å². The van der Waals surface area contributed by atoms with Crippen molar-refractivity contribution in [2.45, 2.75) is 52.7 Å². The number of carbonyl (C=O) groups excluding carboxylic acids is 1. The first kappa shape index (κ1) is 20.0. The van der Waals surface area contributed by atoms with Gasteiger partial charge in [-0.2, -0.15) is 0 Å². The van der Waals surface area contributed by atoms with Gasteiger partial charge in [0.15, 0.2) is 0 Å². The van der Waals surface area contributed by atoms with Crippen molar-refractivity contribution in [1.29, 1.82) is 0 Å². The molecule has 0 saturated carbocycles. The van der Waals surface area contributed by atoms with Gasteiger partial charge in [0.1, 0.15) is 5.69 Å². The molecule has 7 heteroatoms. The van der Waals surface area contributed by atoms with Crippen molar-refractivity contribution in [1.82, 2.24) is 14.9 Å². The molecule has 0 bridgehead atoms. The number of hydrogen-bond acceptors (Lipinski definition) is 5. The first-order valence-corrected chi connectivity index (χ1v) is 10.8. The van der Waals surface area contributed by atoms with E-state index in [0.717, 1.165) is 17.2 Å². The molecule has 3 heterocycles. The third-order valence-corrected chi connectivity index (χ3v) is 7.20. The highest BCUT2D eigenvalue weighted by molar-refractivity contribution is 6.68. The van der Waals surface area contributed by atoms with Gasteiger partial charge >= 0.3 is 6.92 Å². The van der Waals surface area contributed by atoms with Crippen LogP contribution in [0.25, 0.3) is 10.9 Å². The fraction of sp³-hybridized carbons (Fsp3) is 0.375. The number of rotatable bonds is 2. The number of benzene rings is 2. The zero-order valence-corrected chi connectivity index (χ0v) is 18.5. The van der Waals surface area contributed by atoms with Crippen LogP contribution in [0.3, 0.4) is 0 Å². The smallest absolute Gasteiger partial charge is 0.327 e. The molecule has 0 aliphatic carbocycles. The monoisotopic (exact) mass is 414 g/mol. The number of carbonyl (C=O) groups is 1. The molecule has 3 aromatic rings. The minimum atomic E-state index is -0.232. The Morgan fingerprint density at radius 1 is 1.06 bits per heavy atom. The number of fused-ring (bicyclic) bond motifs is 2. The van der Waals surface area contributed by atoms with E-state index in [4.69, 9.17) is 10.4 Å². The highest BCUT2D eigenvalue weighted by Crippen LogP contribution is 2.45. The first-order valence-electron chi connectivity index (χ1n) is 10.8. The average Bonchev–Trinajstić information content (AvgIpc) is 3.24. The Balaban J connectivity index is 1.53. The molecule has 31 heavy (non-hydrogen) atoms. The molecule has 2 N–H and O–H groups in total. The summed E-state index contributed by atoms with van der Waals surface area (Å²) in [5, 5.41) is 0.721. The van der Waals surface area contributed by atoms with Gasteiger partial charge in [-0.3, -0.25) is 4.79 Å². The highest BCUT2D eigenvalue weighted by Gasteiger charge is 2.49. The zero-order chi connectivity index (χ0) is 22.0. The number of nitrogens with two attached hydrogens (primary N) is 1. The van der Waals surface area contributed by atoms with Crippen LogP contribution in [0.2, 0.25) is 6.32 Å². The van der Waals surface area contributed by atoms with E-state index in [2.05, 4.69) is 49.8 Å². The number of hydrogen-bond donors (Lipinski definition) is 1. The molecule has 6 nitrogen and oxygen atoms in total. The third kappa shape index (κ3) is 3.28. The van der Waals surface area contributed by atoms with Gasteiger partial charge in [0.25, 0.3) is 5.91 Å². The summed E-state index contributed by atoms with van der Waals surface area (Å²) in [6.07, 6.45) is 0.909. The molecule has 0 unspecified atom stereocenters. The fourth-order valence-corrected chi connectivity index (χ4v) is 4.61. The van der Waals surface area contributed by atoms with Gasteiger partial charge in [-0.15, -0.1) is 0 Å². The molecule has 2 aliphatic heterocycles. The number of amides is 1. The van der Waals surface area contributed by atoms with E-state index in [9.17, 15) is 4.79 Å². The molecular formula is C24H27BN4O2. The zero-order valence-electron chi connectivity index (χ0n) is 18.5. The Morgan fingerprint density at radius 3 is 2.35 bits per heavy atom.